The lowest BCUT2D eigenvalue weighted by Gasteiger charge is -2.40. The summed E-state index contributed by atoms with van der Waals surface area (Å²) in [5, 5.41) is 0. The van der Waals surface area contributed by atoms with Gasteiger partial charge in [0.05, 0.1) is 13.2 Å². The van der Waals surface area contributed by atoms with Gasteiger partial charge in [0.15, 0.2) is 0 Å². The Morgan fingerprint density at radius 3 is 2.58 bits per heavy atom. The molecular formula is C24H37N3O4. The Kier molecular flexibility index (Phi) is 8.72. The molecule has 0 spiro atoms. The van der Waals surface area contributed by atoms with E-state index in [0.717, 1.165) is 70.0 Å². The van der Waals surface area contributed by atoms with Crippen molar-refractivity contribution in [3.63, 3.8) is 0 Å². The average molecular weight is 432 g/mol. The Hall–Kier alpha value is -2.12. The van der Waals surface area contributed by atoms with Crippen LogP contribution in [0.2, 0.25) is 0 Å². The standard InChI is InChI=1S/C24H37N3O4/c1-19(28)25(3)24-10-5-4-7-21(24)18-27(20(2)29)22-8-6-9-23(17-22)31-16-13-26-11-14-30-15-12-26/h6,8-9,17,21,24H,4-5,7,10-16,18H2,1-3H3/t21?,24-/m0/s1. The fourth-order valence-corrected chi connectivity index (χ4v) is 4.65. The number of hydrogen-bond acceptors (Lipinski definition) is 5. The van der Waals surface area contributed by atoms with Gasteiger partial charge in [-0.05, 0) is 30.9 Å². The molecule has 2 atom stereocenters. The molecule has 31 heavy (non-hydrogen) atoms. The predicted octanol–water partition coefficient (Wildman–Crippen LogP) is 2.79. The van der Waals surface area contributed by atoms with Crippen LogP contribution >= 0.6 is 0 Å². The maximum Gasteiger partial charge on any atom is 0.223 e. The van der Waals surface area contributed by atoms with Gasteiger partial charge in [-0.2, -0.15) is 0 Å². The van der Waals surface area contributed by atoms with Gasteiger partial charge < -0.3 is 19.3 Å². The van der Waals surface area contributed by atoms with Crippen LogP contribution in [0.4, 0.5) is 5.69 Å². The number of benzene rings is 1. The van der Waals surface area contributed by atoms with Gasteiger partial charge in [-0.3, -0.25) is 14.5 Å². The molecule has 1 saturated carbocycles. The number of carbonyl (C=O) groups excluding carboxylic acids is 2. The summed E-state index contributed by atoms with van der Waals surface area (Å²) in [5.41, 5.74) is 0.853. The van der Waals surface area contributed by atoms with Crippen molar-refractivity contribution >= 4 is 17.5 Å². The Bertz CT molecular complexity index is 735. The highest BCUT2D eigenvalue weighted by Crippen LogP contribution is 2.31. The molecule has 0 aromatic heterocycles. The van der Waals surface area contributed by atoms with E-state index >= 15 is 0 Å². The molecule has 1 heterocycles. The van der Waals surface area contributed by atoms with Gasteiger partial charge in [0, 0.05) is 64.9 Å². The summed E-state index contributed by atoms with van der Waals surface area (Å²) in [5.74, 6) is 1.15. The molecule has 1 aromatic carbocycles. The molecular weight excluding hydrogens is 394 g/mol. The highest BCUT2D eigenvalue weighted by atomic mass is 16.5. The van der Waals surface area contributed by atoms with Crippen molar-refractivity contribution in [1.82, 2.24) is 9.80 Å². The molecule has 1 aromatic rings. The minimum Gasteiger partial charge on any atom is -0.492 e. The third-order valence-electron chi connectivity index (χ3n) is 6.57. The van der Waals surface area contributed by atoms with Gasteiger partial charge in [-0.1, -0.05) is 18.9 Å². The zero-order valence-corrected chi connectivity index (χ0v) is 19.2. The molecule has 172 valence electrons. The Morgan fingerprint density at radius 1 is 1.13 bits per heavy atom. The summed E-state index contributed by atoms with van der Waals surface area (Å²) in [7, 11) is 1.88. The largest absolute Gasteiger partial charge is 0.492 e. The minimum atomic E-state index is 0.0141. The molecule has 1 saturated heterocycles. The zero-order valence-electron chi connectivity index (χ0n) is 19.2. The van der Waals surface area contributed by atoms with E-state index in [4.69, 9.17) is 9.47 Å². The number of amides is 2. The van der Waals surface area contributed by atoms with Gasteiger partial charge in [0.2, 0.25) is 11.8 Å². The number of anilines is 1. The summed E-state index contributed by atoms with van der Waals surface area (Å²) >= 11 is 0. The molecule has 1 aliphatic heterocycles. The highest BCUT2D eigenvalue weighted by molar-refractivity contribution is 5.91. The van der Waals surface area contributed by atoms with E-state index in [1.165, 1.54) is 0 Å². The van der Waals surface area contributed by atoms with Gasteiger partial charge >= 0.3 is 0 Å². The summed E-state index contributed by atoms with van der Waals surface area (Å²) in [6.07, 6.45) is 4.30. The summed E-state index contributed by atoms with van der Waals surface area (Å²) < 4.78 is 11.4. The van der Waals surface area contributed by atoms with Crippen molar-refractivity contribution in [2.75, 3.05) is 57.9 Å². The SMILES string of the molecule is CC(=O)N(CC1CCCC[C@@H]1N(C)C(C)=O)c1cccc(OCCN2CCOCC2)c1. The number of morpholine rings is 1. The fraction of sp³-hybridized carbons (Fsp3) is 0.667. The molecule has 2 fully saturated rings. The van der Waals surface area contributed by atoms with Crippen LogP contribution in [0.25, 0.3) is 0 Å². The zero-order chi connectivity index (χ0) is 22.2. The predicted molar refractivity (Wildman–Crippen MR) is 121 cm³/mol. The normalized spacial score (nSPS) is 22.0. The van der Waals surface area contributed by atoms with E-state index in [-0.39, 0.29) is 23.8 Å². The second-order valence-electron chi connectivity index (χ2n) is 8.67. The maximum atomic E-state index is 12.5. The van der Waals surface area contributed by atoms with Crippen LogP contribution in [0.5, 0.6) is 5.75 Å². The molecule has 3 rings (SSSR count). The van der Waals surface area contributed by atoms with Crippen molar-refractivity contribution in [3.8, 4) is 5.75 Å². The molecule has 0 radical (unpaired) electrons. The topological polar surface area (TPSA) is 62.3 Å². The average Bonchev–Trinajstić information content (AvgIpc) is 2.78. The van der Waals surface area contributed by atoms with Gasteiger partial charge in [-0.25, -0.2) is 0 Å². The van der Waals surface area contributed by atoms with Gasteiger partial charge in [-0.15, -0.1) is 0 Å². The van der Waals surface area contributed by atoms with E-state index in [1.807, 2.05) is 41.1 Å². The fourth-order valence-electron chi connectivity index (χ4n) is 4.65. The molecule has 2 aliphatic rings. The van der Waals surface area contributed by atoms with Crippen LogP contribution in [-0.4, -0.2) is 80.7 Å². The first-order chi connectivity index (χ1) is 15.0. The molecule has 0 N–H and O–H groups in total. The van der Waals surface area contributed by atoms with Crippen LogP contribution < -0.4 is 9.64 Å². The number of ether oxygens (including phenoxy) is 2. The van der Waals surface area contributed by atoms with Crippen LogP contribution in [0.15, 0.2) is 24.3 Å². The summed E-state index contributed by atoms with van der Waals surface area (Å²) in [6.45, 7) is 8.77. The maximum absolute atomic E-state index is 12.5. The van der Waals surface area contributed by atoms with Gasteiger partial charge in [0.25, 0.3) is 0 Å². The lowest BCUT2D eigenvalue weighted by atomic mass is 9.83. The summed E-state index contributed by atoms with van der Waals surface area (Å²) in [4.78, 5) is 30.5. The van der Waals surface area contributed by atoms with Crippen molar-refractivity contribution in [2.24, 2.45) is 5.92 Å². The summed E-state index contributed by atoms with van der Waals surface area (Å²) in [6, 6.07) is 7.97. The molecule has 2 amide bonds. The van der Waals surface area contributed by atoms with Crippen LogP contribution in [0, 0.1) is 5.92 Å². The third-order valence-corrected chi connectivity index (χ3v) is 6.57. The minimum absolute atomic E-state index is 0.0141. The van der Waals surface area contributed by atoms with E-state index < -0.39 is 0 Å². The lowest BCUT2D eigenvalue weighted by molar-refractivity contribution is -0.131. The van der Waals surface area contributed by atoms with Crippen molar-refractivity contribution in [2.45, 2.75) is 45.6 Å². The van der Waals surface area contributed by atoms with Crippen LogP contribution in [0.1, 0.15) is 39.5 Å². The number of hydrogen-bond donors (Lipinski definition) is 0. The Morgan fingerprint density at radius 2 is 1.87 bits per heavy atom. The molecule has 7 nitrogen and oxygen atoms in total. The first-order valence-corrected chi connectivity index (χ1v) is 11.5. The van der Waals surface area contributed by atoms with Crippen molar-refractivity contribution in [3.05, 3.63) is 24.3 Å². The quantitative estimate of drug-likeness (QED) is 0.633. The van der Waals surface area contributed by atoms with Crippen LogP contribution in [-0.2, 0) is 14.3 Å². The Balaban J connectivity index is 1.64. The lowest BCUT2D eigenvalue weighted by Crippen LogP contribution is -2.47. The molecule has 0 bridgehead atoms. The van der Waals surface area contributed by atoms with Crippen LogP contribution in [0.3, 0.4) is 0 Å². The number of carbonyl (C=O) groups is 2. The van der Waals surface area contributed by atoms with E-state index in [1.54, 1.807) is 13.8 Å². The van der Waals surface area contributed by atoms with E-state index in [9.17, 15) is 9.59 Å². The second kappa shape index (κ2) is 11.5. The smallest absolute Gasteiger partial charge is 0.223 e. The highest BCUT2D eigenvalue weighted by Gasteiger charge is 2.32. The van der Waals surface area contributed by atoms with Crippen molar-refractivity contribution in [1.29, 1.82) is 0 Å². The molecule has 1 unspecified atom stereocenters. The van der Waals surface area contributed by atoms with Crippen molar-refractivity contribution < 1.29 is 19.1 Å². The van der Waals surface area contributed by atoms with E-state index in [0.29, 0.717) is 13.2 Å². The van der Waals surface area contributed by atoms with Gasteiger partial charge in [0.1, 0.15) is 12.4 Å². The number of rotatable bonds is 8. The Labute approximate surface area is 186 Å². The first-order valence-electron chi connectivity index (χ1n) is 11.5. The first kappa shape index (κ1) is 23.5. The number of nitrogens with zero attached hydrogens (tertiary/aromatic N) is 3. The van der Waals surface area contributed by atoms with E-state index in [2.05, 4.69) is 4.90 Å². The second-order valence-corrected chi connectivity index (χ2v) is 8.67. The molecule has 1 aliphatic carbocycles. The monoisotopic (exact) mass is 431 g/mol. The third kappa shape index (κ3) is 6.68. The molecule has 7 heteroatoms.